The highest BCUT2D eigenvalue weighted by Gasteiger charge is 2.39. The maximum absolute atomic E-state index is 12.4. The van der Waals surface area contributed by atoms with Crippen LogP contribution in [0.25, 0.3) is 0 Å². The van der Waals surface area contributed by atoms with Gasteiger partial charge in [0, 0.05) is 56.2 Å². The third-order valence-corrected chi connectivity index (χ3v) is 5.23. The zero-order chi connectivity index (χ0) is 18.8. The number of carbonyl (C=O) groups is 1. The van der Waals surface area contributed by atoms with E-state index in [2.05, 4.69) is 46.3 Å². The fraction of sp³-hybridized carbons (Fsp3) is 0.700. The van der Waals surface area contributed by atoms with E-state index in [-0.39, 0.29) is 11.4 Å². The van der Waals surface area contributed by atoms with Crippen LogP contribution in [0.3, 0.4) is 0 Å². The molecule has 3 heterocycles. The van der Waals surface area contributed by atoms with Crippen LogP contribution in [0.1, 0.15) is 43.5 Å². The summed E-state index contributed by atoms with van der Waals surface area (Å²) in [5, 5.41) is 6.62. The van der Waals surface area contributed by atoms with Gasteiger partial charge >= 0.3 is 0 Å². The Bertz CT molecular complexity index is 522. The summed E-state index contributed by atoms with van der Waals surface area (Å²) in [4.78, 5) is 21.3. The normalized spacial score (nSPS) is 20.7. The fourth-order valence-corrected chi connectivity index (χ4v) is 3.63. The minimum atomic E-state index is -0.000523. The minimum Gasteiger partial charge on any atom is -0.350 e. The van der Waals surface area contributed by atoms with Gasteiger partial charge in [-0.3, -0.25) is 14.7 Å². The Balaban J connectivity index is 0.000000758. The van der Waals surface area contributed by atoms with E-state index in [4.69, 9.17) is 0 Å². The molecule has 0 radical (unpaired) electrons. The SMILES string of the molecule is CCC.CN1CCN(C2(CNC(=O)c3ccncc3)CCNCC2)CC1. The van der Waals surface area contributed by atoms with E-state index in [9.17, 15) is 4.79 Å². The van der Waals surface area contributed by atoms with E-state index in [1.807, 2.05) is 0 Å². The third-order valence-electron chi connectivity index (χ3n) is 5.23. The number of piperidine rings is 1. The number of carbonyl (C=O) groups excluding carboxylic acids is 1. The highest BCUT2D eigenvalue weighted by Crippen LogP contribution is 2.27. The number of amides is 1. The summed E-state index contributed by atoms with van der Waals surface area (Å²) >= 11 is 0. The van der Waals surface area contributed by atoms with Gasteiger partial charge in [-0.15, -0.1) is 0 Å². The van der Waals surface area contributed by atoms with Crippen LogP contribution in [0.5, 0.6) is 0 Å². The van der Waals surface area contributed by atoms with Crippen LogP contribution in [-0.2, 0) is 0 Å². The maximum atomic E-state index is 12.4. The lowest BCUT2D eigenvalue weighted by atomic mass is 9.85. The molecule has 3 rings (SSSR count). The molecule has 1 amide bonds. The van der Waals surface area contributed by atoms with Crippen molar-refractivity contribution < 1.29 is 4.79 Å². The van der Waals surface area contributed by atoms with Crippen LogP contribution in [0.4, 0.5) is 0 Å². The Morgan fingerprint density at radius 2 is 1.73 bits per heavy atom. The molecule has 0 aromatic carbocycles. The molecule has 1 aromatic rings. The number of hydrogen-bond donors (Lipinski definition) is 2. The summed E-state index contributed by atoms with van der Waals surface area (Å²) in [5.74, 6) is -0.000523. The topological polar surface area (TPSA) is 60.5 Å². The van der Waals surface area contributed by atoms with Gasteiger partial charge in [0.2, 0.25) is 0 Å². The largest absolute Gasteiger partial charge is 0.350 e. The molecule has 0 aliphatic carbocycles. The maximum Gasteiger partial charge on any atom is 0.251 e. The smallest absolute Gasteiger partial charge is 0.251 e. The van der Waals surface area contributed by atoms with Gasteiger partial charge < -0.3 is 15.5 Å². The molecule has 146 valence electrons. The third kappa shape index (κ3) is 5.76. The number of nitrogens with one attached hydrogen (secondary N) is 2. The Morgan fingerprint density at radius 3 is 2.31 bits per heavy atom. The van der Waals surface area contributed by atoms with Gasteiger partial charge in [-0.1, -0.05) is 20.3 Å². The Morgan fingerprint density at radius 1 is 1.15 bits per heavy atom. The zero-order valence-electron chi connectivity index (χ0n) is 16.6. The molecular formula is C20H35N5O. The lowest BCUT2D eigenvalue weighted by molar-refractivity contribution is 0.0182. The van der Waals surface area contributed by atoms with E-state index in [0.717, 1.165) is 58.7 Å². The fourth-order valence-electron chi connectivity index (χ4n) is 3.63. The molecule has 0 atom stereocenters. The van der Waals surface area contributed by atoms with E-state index in [1.165, 1.54) is 6.42 Å². The lowest BCUT2D eigenvalue weighted by Gasteiger charge is -2.49. The van der Waals surface area contributed by atoms with E-state index in [1.54, 1.807) is 24.5 Å². The monoisotopic (exact) mass is 361 g/mol. The zero-order valence-corrected chi connectivity index (χ0v) is 16.6. The minimum absolute atomic E-state index is 0.000523. The molecule has 0 saturated carbocycles. The van der Waals surface area contributed by atoms with Gasteiger partial charge in [-0.05, 0) is 45.1 Å². The van der Waals surface area contributed by atoms with E-state index in [0.29, 0.717) is 5.56 Å². The molecule has 6 heteroatoms. The molecule has 0 unspecified atom stereocenters. The van der Waals surface area contributed by atoms with Crippen LogP contribution in [0.2, 0.25) is 0 Å². The Kier molecular flexibility index (Phi) is 8.48. The van der Waals surface area contributed by atoms with Gasteiger partial charge in [0.1, 0.15) is 0 Å². The molecule has 2 saturated heterocycles. The highest BCUT2D eigenvalue weighted by molar-refractivity contribution is 5.94. The number of likely N-dealkylation sites (N-methyl/N-ethyl adjacent to an activating group) is 1. The van der Waals surface area contributed by atoms with Crippen molar-refractivity contribution in [3.63, 3.8) is 0 Å². The van der Waals surface area contributed by atoms with Gasteiger partial charge in [0.25, 0.3) is 5.91 Å². The number of rotatable bonds is 4. The van der Waals surface area contributed by atoms with E-state index >= 15 is 0 Å². The summed E-state index contributed by atoms with van der Waals surface area (Å²) < 4.78 is 0. The van der Waals surface area contributed by atoms with Crippen molar-refractivity contribution in [2.24, 2.45) is 0 Å². The van der Waals surface area contributed by atoms with Crippen LogP contribution < -0.4 is 10.6 Å². The van der Waals surface area contributed by atoms with Crippen molar-refractivity contribution >= 4 is 5.91 Å². The second-order valence-corrected chi connectivity index (χ2v) is 7.39. The molecule has 1 aromatic heterocycles. The second kappa shape index (κ2) is 10.6. The summed E-state index contributed by atoms with van der Waals surface area (Å²) in [6.45, 7) is 11.4. The number of aromatic nitrogens is 1. The molecule has 2 aliphatic heterocycles. The molecule has 2 fully saturated rings. The van der Waals surface area contributed by atoms with E-state index < -0.39 is 0 Å². The van der Waals surface area contributed by atoms with Crippen LogP contribution >= 0.6 is 0 Å². The Hall–Kier alpha value is -1.50. The molecule has 0 spiro atoms. The first-order chi connectivity index (χ1) is 12.6. The predicted octanol–water partition coefficient (Wildman–Crippen LogP) is 1.60. The predicted molar refractivity (Wildman–Crippen MR) is 106 cm³/mol. The van der Waals surface area contributed by atoms with Gasteiger partial charge in [-0.2, -0.15) is 0 Å². The average molecular weight is 362 g/mol. The van der Waals surface area contributed by atoms with Gasteiger partial charge in [0.05, 0.1) is 0 Å². The highest BCUT2D eigenvalue weighted by atomic mass is 16.1. The average Bonchev–Trinajstić information content (AvgIpc) is 2.69. The molecular weight excluding hydrogens is 326 g/mol. The van der Waals surface area contributed by atoms with Crippen LogP contribution in [-0.4, -0.2) is 79.1 Å². The van der Waals surface area contributed by atoms with Crippen LogP contribution in [0.15, 0.2) is 24.5 Å². The van der Waals surface area contributed by atoms with Crippen molar-refractivity contribution in [1.82, 2.24) is 25.4 Å². The summed E-state index contributed by atoms with van der Waals surface area (Å²) in [6, 6.07) is 3.53. The number of piperazine rings is 1. The molecule has 2 aliphatic rings. The standard InChI is InChI=1S/C17H27N5O.C3H8/c1-21-10-12-22(13-11-21)17(4-8-19-9-5-17)14-20-16(23)15-2-6-18-7-3-15;1-3-2/h2-3,6-7,19H,4-5,8-14H2,1H3,(H,20,23);3H2,1-2H3. The number of nitrogens with zero attached hydrogens (tertiary/aromatic N) is 3. The lowest BCUT2D eigenvalue weighted by Crippen LogP contribution is -2.63. The first-order valence-electron chi connectivity index (χ1n) is 9.94. The van der Waals surface area contributed by atoms with Crippen molar-refractivity contribution in [3.8, 4) is 0 Å². The van der Waals surface area contributed by atoms with Crippen molar-refractivity contribution in [3.05, 3.63) is 30.1 Å². The molecule has 26 heavy (non-hydrogen) atoms. The Labute approximate surface area is 158 Å². The van der Waals surface area contributed by atoms with Gasteiger partial charge in [0.15, 0.2) is 0 Å². The first-order valence-corrected chi connectivity index (χ1v) is 9.94. The first kappa shape index (κ1) is 20.8. The molecule has 6 nitrogen and oxygen atoms in total. The van der Waals surface area contributed by atoms with Crippen molar-refractivity contribution in [2.45, 2.75) is 38.6 Å². The second-order valence-electron chi connectivity index (χ2n) is 7.39. The number of pyridine rings is 1. The van der Waals surface area contributed by atoms with Crippen LogP contribution in [0, 0.1) is 0 Å². The molecule has 0 bridgehead atoms. The quantitative estimate of drug-likeness (QED) is 0.853. The van der Waals surface area contributed by atoms with Crippen molar-refractivity contribution in [2.75, 3.05) is 52.9 Å². The van der Waals surface area contributed by atoms with Gasteiger partial charge in [-0.25, -0.2) is 0 Å². The summed E-state index contributed by atoms with van der Waals surface area (Å²) in [6.07, 6.45) is 6.76. The number of hydrogen-bond acceptors (Lipinski definition) is 5. The molecule has 2 N–H and O–H groups in total. The summed E-state index contributed by atoms with van der Waals surface area (Å²) in [7, 11) is 2.18. The van der Waals surface area contributed by atoms with Crippen molar-refractivity contribution in [1.29, 1.82) is 0 Å². The summed E-state index contributed by atoms with van der Waals surface area (Å²) in [5.41, 5.74) is 0.775.